The van der Waals surface area contributed by atoms with Gasteiger partial charge in [-0.2, -0.15) is 11.8 Å². The predicted octanol–water partition coefficient (Wildman–Crippen LogP) is 3.07. The van der Waals surface area contributed by atoms with Crippen molar-refractivity contribution in [1.82, 2.24) is 4.90 Å². The quantitative estimate of drug-likeness (QED) is 0.784. The molecular weight excluding hydrogens is 242 g/mol. The Bertz CT molecular complexity index is 333. The third-order valence-electron chi connectivity index (χ3n) is 3.28. The molecule has 0 atom stereocenters. The van der Waals surface area contributed by atoms with Gasteiger partial charge in [-0.1, -0.05) is 12.1 Å². The first-order valence-electron chi connectivity index (χ1n) is 6.90. The summed E-state index contributed by atoms with van der Waals surface area (Å²) in [7, 11) is 0. The highest BCUT2D eigenvalue weighted by Crippen LogP contribution is 2.14. The molecule has 0 N–H and O–H groups in total. The van der Waals surface area contributed by atoms with E-state index in [0.29, 0.717) is 0 Å². The van der Waals surface area contributed by atoms with Crippen molar-refractivity contribution in [3.05, 3.63) is 29.8 Å². The minimum atomic E-state index is 0.742. The fourth-order valence-corrected chi connectivity index (χ4v) is 3.23. The van der Waals surface area contributed by atoms with Crippen molar-refractivity contribution in [3.8, 4) is 5.75 Å². The number of thioether (sulfide) groups is 1. The van der Waals surface area contributed by atoms with Crippen LogP contribution in [-0.4, -0.2) is 42.6 Å². The Balaban J connectivity index is 1.69. The number of ether oxygens (including phenoxy) is 1. The summed E-state index contributed by atoms with van der Waals surface area (Å²) < 4.78 is 5.45. The van der Waals surface area contributed by atoms with Gasteiger partial charge in [-0.05, 0) is 44.0 Å². The van der Waals surface area contributed by atoms with E-state index in [4.69, 9.17) is 4.74 Å². The molecule has 3 heteroatoms. The van der Waals surface area contributed by atoms with Crippen molar-refractivity contribution in [2.24, 2.45) is 0 Å². The molecule has 1 aromatic carbocycles. The standard InChI is InChI=1S/C15H23NOS/c1-2-17-15-7-5-14(6-8-15)4-3-9-16-10-12-18-13-11-16/h5-8H,2-4,9-13H2,1H3. The van der Waals surface area contributed by atoms with Crippen LogP contribution in [-0.2, 0) is 6.42 Å². The monoisotopic (exact) mass is 265 g/mol. The van der Waals surface area contributed by atoms with Crippen molar-refractivity contribution >= 4 is 11.8 Å². The summed E-state index contributed by atoms with van der Waals surface area (Å²) >= 11 is 2.08. The maximum Gasteiger partial charge on any atom is 0.119 e. The normalized spacial score (nSPS) is 16.7. The average Bonchev–Trinajstić information content (AvgIpc) is 2.42. The van der Waals surface area contributed by atoms with E-state index in [1.807, 2.05) is 6.92 Å². The Hall–Kier alpha value is -0.670. The first kappa shape index (κ1) is 13.8. The van der Waals surface area contributed by atoms with E-state index in [1.165, 1.54) is 49.5 Å². The lowest BCUT2D eigenvalue weighted by Crippen LogP contribution is -2.33. The Morgan fingerprint density at radius 3 is 2.56 bits per heavy atom. The zero-order chi connectivity index (χ0) is 12.6. The molecule has 0 unspecified atom stereocenters. The molecule has 0 spiro atoms. The van der Waals surface area contributed by atoms with Gasteiger partial charge in [-0.25, -0.2) is 0 Å². The summed E-state index contributed by atoms with van der Waals surface area (Å²) in [5, 5.41) is 0. The molecule has 2 rings (SSSR count). The van der Waals surface area contributed by atoms with Gasteiger partial charge in [-0.3, -0.25) is 0 Å². The van der Waals surface area contributed by atoms with E-state index in [2.05, 4.69) is 40.9 Å². The van der Waals surface area contributed by atoms with Gasteiger partial charge in [0, 0.05) is 24.6 Å². The highest BCUT2D eigenvalue weighted by atomic mass is 32.2. The van der Waals surface area contributed by atoms with Crippen LogP contribution >= 0.6 is 11.8 Å². The lowest BCUT2D eigenvalue weighted by molar-refractivity contribution is 0.299. The van der Waals surface area contributed by atoms with Crippen LogP contribution in [0.1, 0.15) is 18.9 Å². The smallest absolute Gasteiger partial charge is 0.119 e. The van der Waals surface area contributed by atoms with Crippen molar-refractivity contribution in [2.45, 2.75) is 19.8 Å². The first-order chi connectivity index (χ1) is 8.88. The van der Waals surface area contributed by atoms with Crippen LogP contribution in [0.2, 0.25) is 0 Å². The number of hydrogen-bond donors (Lipinski definition) is 0. The minimum absolute atomic E-state index is 0.742. The van der Waals surface area contributed by atoms with Crippen LogP contribution in [0.5, 0.6) is 5.75 Å². The molecule has 1 aliphatic heterocycles. The zero-order valence-corrected chi connectivity index (χ0v) is 12.0. The van der Waals surface area contributed by atoms with E-state index < -0.39 is 0 Å². The summed E-state index contributed by atoms with van der Waals surface area (Å²) in [5.41, 5.74) is 1.42. The van der Waals surface area contributed by atoms with Crippen molar-refractivity contribution in [3.63, 3.8) is 0 Å². The van der Waals surface area contributed by atoms with Gasteiger partial charge >= 0.3 is 0 Å². The first-order valence-corrected chi connectivity index (χ1v) is 8.06. The predicted molar refractivity (Wildman–Crippen MR) is 79.7 cm³/mol. The van der Waals surface area contributed by atoms with Gasteiger partial charge < -0.3 is 9.64 Å². The van der Waals surface area contributed by atoms with Gasteiger partial charge in [0.15, 0.2) is 0 Å². The van der Waals surface area contributed by atoms with Gasteiger partial charge in [0.05, 0.1) is 6.61 Å². The maximum absolute atomic E-state index is 5.45. The molecule has 1 aromatic rings. The highest BCUT2D eigenvalue weighted by molar-refractivity contribution is 7.99. The average molecular weight is 265 g/mol. The molecule has 1 fully saturated rings. The Kier molecular flexibility index (Phi) is 5.88. The van der Waals surface area contributed by atoms with Crippen LogP contribution in [0.15, 0.2) is 24.3 Å². The summed E-state index contributed by atoms with van der Waals surface area (Å²) in [6.07, 6.45) is 2.44. The Morgan fingerprint density at radius 2 is 1.89 bits per heavy atom. The fourth-order valence-electron chi connectivity index (χ4n) is 2.25. The van der Waals surface area contributed by atoms with Crippen LogP contribution < -0.4 is 4.74 Å². The van der Waals surface area contributed by atoms with E-state index in [1.54, 1.807) is 0 Å². The fraction of sp³-hybridized carbons (Fsp3) is 0.600. The Morgan fingerprint density at radius 1 is 1.17 bits per heavy atom. The molecule has 1 saturated heterocycles. The second-order valence-electron chi connectivity index (χ2n) is 4.63. The minimum Gasteiger partial charge on any atom is -0.494 e. The SMILES string of the molecule is CCOc1ccc(CCCN2CCSCC2)cc1. The number of hydrogen-bond acceptors (Lipinski definition) is 3. The van der Waals surface area contributed by atoms with E-state index in [9.17, 15) is 0 Å². The molecule has 0 aliphatic carbocycles. The third-order valence-corrected chi connectivity index (χ3v) is 4.22. The lowest BCUT2D eigenvalue weighted by atomic mass is 10.1. The molecule has 0 amide bonds. The number of benzene rings is 1. The lowest BCUT2D eigenvalue weighted by Gasteiger charge is -2.25. The van der Waals surface area contributed by atoms with Gasteiger partial charge in [0.2, 0.25) is 0 Å². The molecule has 0 aromatic heterocycles. The van der Waals surface area contributed by atoms with Crippen molar-refractivity contribution in [1.29, 1.82) is 0 Å². The second kappa shape index (κ2) is 7.70. The second-order valence-corrected chi connectivity index (χ2v) is 5.86. The summed E-state index contributed by atoms with van der Waals surface area (Å²) in [6, 6.07) is 8.54. The number of nitrogens with zero attached hydrogens (tertiary/aromatic N) is 1. The molecule has 0 saturated carbocycles. The molecule has 100 valence electrons. The summed E-state index contributed by atoms with van der Waals surface area (Å²) in [6.45, 7) is 6.55. The summed E-state index contributed by atoms with van der Waals surface area (Å²) in [4.78, 5) is 2.59. The van der Waals surface area contributed by atoms with Crippen molar-refractivity contribution in [2.75, 3.05) is 37.7 Å². The third kappa shape index (κ3) is 4.54. The van der Waals surface area contributed by atoms with Gasteiger partial charge in [0.25, 0.3) is 0 Å². The van der Waals surface area contributed by atoms with Crippen LogP contribution in [0.25, 0.3) is 0 Å². The van der Waals surface area contributed by atoms with Crippen LogP contribution in [0, 0.1) is 0 Å². The number of aryl methyl sites for hydroxylation is 1. The largest absolute Gasteiger partial charge is 0.494 e. The molecule has 18 heavy (non-hydrogen) atoms. The van der Waals surface area contributed by atoms with Crippen molar-refractivity contribution < 1.29 is 4.74 Å². The highest BCUT2D eigenvalue weighted by Gasteiger charge is 2.09. The molecular formula is C15H23NOS. The Labute approximate surface area is 115 Å². The number of rotatable bonds is 6. The van der Waals surface area contributed by atoms with Crippen LogP contribution in [0.3, 0.4) is 0 Å². The van der Waals surface area contributed by atoms with Gasteiger partial charge in [-0.15, -0.1) is 0 Å². The maximum atomic E-state index is 5.45. The van der Waals surface area contributed by atoms with E-state index in [0.717, 1.165) is 12.4 Å². The molecule has 2 nitrogen and oxygen atoms in total. The van der Waals surface area contributed by atoms with E-state index in [-0.39, 0.29) is 0 Å². The molecule has 0 bridgehead atoms. The molecule has 0 radical (unpaired) electrons. The molecule has 1 aliphatic rings. The molecule has 1 heterocycles. The summed E-state index contributed by atoms with van der Waals surface area (Å²) in [5.74, 6) is 3.60. The topological polar surface area (TPSA) is 12.5 Å². The van der Waals surface area contributed by atoms with Crippen LogP contribution in [0.4, 0.5) is 0 Å². The zero-order valence-electron chi connectivity index (χ0n) is 11.2. The van der Waals surface area contributed by atoms with E-state index >= 15 is 0 Å². The van der Waals surface area contributed by atoms with Gasteiger partial charge in [0.1, 0.15) is 5.75 Å².